The highest BCUT2D eigenvalue weighted by molar-refractivity contribution is 5.77. The molecule has 0 rings (SSSR count). The van der Waals surface area contributed by atoms with Crippen molar-refractivity contribution >= 4 is 11.9 Å². The van der Waals surface area contributed by atoms with E-state index >= 15 is 0 Å². The number of allylic oxidation sites excluding steroid dienone is 14. The van der Waals surface area contributed by atoms with Gasteiger partial charge in [0.25, 0.3) is 0 Å². The third-order valence-corrected chi connectivity index (χ3v) is 10.4. The van der Waals surface area contributed by atoms with E-state index in [4.69, 9.17) is 4.74 Å². The van der Waals surface area contributed by atoms with Gasteiger partial charge in [-0.05, 0) is 64.2 Å². The highest BCUT2D eigenvalue weighted by atomic mass is 16.5. The minimum absolute atomic E-state index is 0.0209. The first-order chi connectivity index (χ1) is 28.5. The van der Waals surface area contributed by atoms with Crippen molar-refractivity contribution in [3.8, 4) is 0 Å². The molecule has 0 bridgehead atoms. The Kier molecular flexibility index (Phi) is 42.8. The number of aliphatic hydroxyl groups is 2. The van der Waals surface area contributed by atoms with E-state index in [0.717, 1.165) is 57.8 Å². The zero-order valence-electron chi connectivity index (χ0n) is 37.6. The molecule has 0 radical (unpaired) electrons. The van der Waals surface area contributed by atoms with Crippen LogP contribution in [0.1, 0.15) is 207 Å². The number of nitrogens with one attached hydrogen (secondary N) is 1. The molecule has 3 unspecified atom stereocenters. The van der Waals surface area contributed by atoms with E-state index in [1.165, 1.54) is 103 Å². The molecule has 0 aromatic carbocycles. The first-order valence-corrected chi connectivity index (χ1v) is 23.9. The van der Waals surface area contributed by atoms with Gasteiger partial charge in [0.2, 0.25) is 5.91 Å². The molecule has 0 aliphatic heterocycles. The molecule has 0 heterocycles. The molecule has 0 aromatic rings. The lowest BCUT2D eigenvalue weighted by Gasteiger charge is -2.24. The average molecular weight is 808 g/mol. The van der Waals surface area contributed by atoms with Gasteiger partial charge in [0, 0.05) is 6.42 Å². The van der Waals surface area contributed by atoms with E-state index in [1.807, 2.05) is 60.8 Å². The molecular formula is C52H89NO5. The molecular weight excluding hydrogens is 719 g/mol. The molecule has 0 saturated carbocycles. The summed E-state index contributed by atoms with van der Waals surface area (Å²) in [4.78, 5) is 26.0. The maximum absolute atomic E-state index is 13.1. The van der Waals surface area contributed by atoms with Crippen molar-refractivity contribution < 1.29 is 24.5 Å². The van der Waals surface area contributed by atoms with Crippen LogP contribution in [0.4, 0.5) is 0 Å². The van der Waals surface area contributed by atoms with Gasteiger partial charge in [-0.1, -0.05) is 215 Å². The number of amides is 1. The molecule has 58 heavy (non-hydrogen) atoms. The van der Waals surface area contributed by atoms with Gasteiger partial charge in [0.15, 0.2) is 0 Å². The highest BCUT2D eigenvalue weighted by Crippen LogP contribution is 2.16. The van der Waals surface area contributed by atoms with Crippen molar-refractivity contribution in [3.05, 3.63) is 85.1 Å². The number of ether oxygens (including phenoxy) is 1. The number of aliphatic hydroxyl groups excluding tert-OH is 2. The van der Waals surface area contributed by atoms with Gasteiger partial charge in [0.05, 0.1) is 25.2 Å². The fourth-order valence-electron chi connectivity index (χ4n) is 6.75. The van der Waals surface area contributed by atoms with Gasteiger partial charge in [-0.15, -0.1) is 0 Å². The lowest BCUT2D eigenvalue weighted by Crippen LogP contribution is -2.46. The monoisotopic (exact) mass is 808 g/mol. The summed E-state index contributed by atoms with van der Waals surface area (Å²) in [6.45, 7) is 6.27. The lowest BCUT2D eigenvalue weighted by atomic mass is 10.0. The van der Waals surface area contributed by atoms with Crippen LogP contribution in [0, 0.1) is 0 Å². The van der Waals surface area contributed by atoms with Crippen molar-refractivity contribution in [3.63, 3.8) is 0 Å². The van der Waals surface area contributed by atoms with Crippen molar-refractivity contribution in [2.75, 3.05) is 6.61 Å². The Balaban J connectivity index is 4.76. The second-order valence-corrected chi connectivity index (χ2v) is 15.9. The summed E-state index contributed by atoms with van der Waals surface area (Å²) in [5.41, 5.74) is 0. The number of unbranched alkanes of at least 4 members (excludes halogenated alkanes) is 20. The molecule has 3 N–H and O–H groups in total. The van der Waals surface area contributed by atoms with Gasteiger partial charge in [-0.3, -0.25) is 9.59 Å². The van der Waals surface area contributed by atoms with E-state index < -0.39 is 18.2 Å². The topological polar surface area (TPSA) is 95.9 Å². The van der Waals surface area contributed by atoms with Crippen LogP contribution >= 0.6 is 0 Å². The molecule has 0 saturated heterocycles. The second-order valence-electron chi connectivity index (χ2n) is 15.9. The Labute approximate surface area is 357 Å². The van der Waals surface area contributed by atoms with Crippen LogP contribution in [0.3, 0.4) is 0 Å². The number of hydrogen-bond donors (Lipinski definition) is 3. The quantitative estimate of drug-likeness (QED) is 0.0247. The number of carbonyl (C=O) groups excluding carboxylic acids is 2. The highest BCUT2D eigenvalue weighted by Gasteiger charge is 2.24. The number of esters is 1. The van der Waals surface area contributed by atoms with Crippen molar-refractivity contribution in [2.45, 2.75) is 225 Å². The Hall–Kier alpha value is -2.96. The first kappa shape index (κ1) is 55.0. The van der Waals surface area contributed by atoms with Gasteiger partial charge in [-0.2, -0.15) is 0 Å². The molecule has 332 valence electrons. The second kappa shape index (κ2) is 45.1. The van der Waals surface area contributed by atoms with Crippen LogP contribution in [-0.4, -0.2) is 46.9 Å². The third-order valence-electron chi connectivity index (χ3n) is 10.4. The number of rotatable bonds is 41. The third kappa shape index (κ3) is 39.8. The summed E-state index contributed by atoms with van der Waals surface area (Å²) in [5.74, 6) is -0.562. The van der Waals surface area contributed by atoms with Crippen molar-refractivity contribution in [2.24, 2.45) is 0 Å². The van der Waals surface area contributed by atoms with Crippen molar-refractivity contribution in [1.29, 1.82) is 0 Å². The van der Waals surface area contributed by atoms with Crippen LogP contribution in [0.25, 0.3) is 0 Å². The fraction of sp³-hybridized carbons (Fsp3) is 0.692. The summed E-state index contributed by atoms with van der Waals surface area (Å²) in [5, 5.41) is 23.6. The van der Waals surface area contributed by atoms with Crippen molar-refractivity contribution in [1.82, 2.24) is 5.32 Å². The minimum Gasteiger partial charge on any atom is -0.462 e. The maximum Gasteiger partial charge on any atom is 0.306 e. The lowest BCUT2D eigenvalue weighted by molar-refractivity contribution is -0.151. The van der Waals surface area contributed by atoms with Crippen LogP contribution < -0.4 is 5.32 Å². The Morgan fingerprint density at radius 1 is 0.517 bits per heavy atom. The van der Waals surface area contributed by atoms with Gasteiger partial charge in [-0.25, -0.2) is 0 Å². The Morgan fingerprint density at radius 3 is 1.50 bits per heavy atom. The average Bonchev–Trinajstić information content (AvgIpc) is 3.22. The summed E-state index contributed by atoms with van der Waals surface area (Å²) in [7, 11) is 0. The zero-order chi connectivity index (χ0) is 42.4. The maximum atomic E-state index is 13.1. The van der Waals surface area contributed by atoms with E-state index in [2.05, 4.69) is 50.4 Å². The molecule has 6 heteroatoms. The molecule has 0 aromatic heterocycles. The zero-order valence-corrected chi connectivity index (χ0v) is 37.6. The fourth-order valence-corrected chi connectivity index (χ4v) is 6.75. The molecule has 0 aliphatic carbocycles. The first-order valence-electron chi connectivity index (χ1n) is 23.9. The standard InChI is InChI=1S/C52H89NO5/c1-4-7-10-13-16-19-21-23-25-27-29-32-34-37-40-43-48(46-51(56)53-49(47-54)50(55)44-41-38-35-31-18-15-12-9-6-3)58-52(57)45-42-39-36-33-30-28-26-24-22-20-17-14-11-8-5-2/h7,10,13,16,19-23,25,27,29,32,34,48-50,54-55H,4-6,8-9,11-12,14-15,17-18,24,26,28,30-31,33,35-47H2,1-3H3,(H,53,56)/b10-7-,16-13+,21-19+,22-20-,25-23-,29-27+,34-32+. The van der Waals surface area contributed by atoms with E-state index in [0.29, 0.717) is 19.3 Å². The normalized spacial score (nSPS) is 14.1. The minimum atomic E-state index is -0.810. The van der Waals surface area contributed by atoms with E-state index in [-0.39, 0.29) is 24.9 Å². The van der Waals surface area contributed by atoms with Gasteiger partial charge >= 0.3 is 5.97 Å². The predicted octanol–water partition coefficient (Wildman–Crippen LogP) is 14.0. The van der Waals surface area contributed by atoms with Crippen LogP contribution in [0.5, 0.6) is 0 Å². The van der Waals surface area contributed by atoms with Crippen LogP contribution in [0.15, 0.2) is 85.1 Å². The molecule has 6 nitrogen and oxygen atoms in total. The molecule has 1 amide bonds. The van der Waals surface area contributed by atoms with E-state index in [1.54, 1.807) is 0 Å². The van der Waals surface area contributed by atoms with Crippen LogP contribution in [0.2, 0.25) is 0 Å². The molecule has 0 spiro atoms. The summed E-state index contributed by atoms with van der Waals surface area (Å²) in [6.07, 6.45) is 57.9. The van der Waals surface area contributed by atoms with Gasteiger partial charge < -0.3 is 20.3 Å². The van der Waals surface area contributed by atoms with Gasteiger partial charge in [0.1, 0.15) is 6.10 Å². The molecule has 0 fully saturated rings. The smallest absolute Gasteiger partial charge is 0.306 e. The molecule has 3 atom stereocenters. The number of hydrogen-bond acceptors (Lipinski definition) is 5. The van der Waals surface area contributed by atoms with E-state index in [9.17, 15) is 19.8 Å². The predicted molar refractivity (Wildman–Crippen MR) is 250 cm³/mol. The Morgan fingerprint density at radius 2 is 0.966 bits per heavy atom. The SMILES string of the molecule is CC\C=C/C=C/C=C/C=C\C=C\C=C\CCCC(CC(=O)NC(CO)C(O)CCCCCCCCCCC)OC(=O)CCCCCCCCC/C=C\CCCCCC. The molecule has 0 aliphatic rings. The van der Waals surface area contributed by atoms with Crippen LogP contribution in [-0.2, 0) is 14.3 Å². The summed E-state index contributed by atoms with van der Waals surface area (Å²) >= 11 is 0. The summed E-state index contributed by atoms with van der Waals surface area (Å²) in [6, 6.07) is -0.728. The largest absolute Gasteiger partial charge is 0.462 e. The number of carbonyl (C=O) groups is 2. The summed E-state index contributed by atoms with van der Waals surface area (Å²) < 4.78 is 5.88. The Bertz CT molecular complexity index is 1130.